The molecule has 0 fully saturated rings. The molecule has 0 amide bonds. The van der Waals surface area contributed by atoms with Gasteiger partial charge in [0.1, 0.15) is 6.10 Å². The molecule has 1 aromatic rings. The Morgan fingerprint density at radius 3 is 2.35 bits per heavy atom. The van der Waals surface area contributed by atoms with Crippen LogP contribution in [0.5, 0.6) is 0 Å². The maximum absolute atomic E-state index is 11.8. The van der Waals surface area contributed by atoms with Gasteiger partial charge in [0.05, 0.1) is 5.56 Å². The molecular formula is C13H15ClO3. The minimum absolute atomic E-state index is 0.0853. The highest BCUT2D eigenvalue weighted by Gasteiger charge is 2.14. The van der Waals surface area contributed by atoms with Crippen molar-refractivity contribution in [1.82, 2.24) is 0 Å². The molecule has 0 aliphatic heterocycles. The lowest BCUT2D eigenvalue weighted by Gasteiger charge is -2.13. The summed E-state index contributed by atoms with van der Waals surface area (Å²) in [6.07, 6.45) is 1.46. The van der Waals surface area contributed by atoms with Crippen LogP contribution in [0.25, 0.3) is 0 Å². The Balaban J connectivity index is 2.82. The standard InChI is InChI=1S/C13H15ClO3/c1-3-11(4-2)17-13(16)10-7-5-6-9(8-10)12(14)15/h5-8,11H,3-4H2,1-2H3. The summed E-state index contributed by atoms with van der Waals surface area (Å²) >= 11 is 5.35. The molecule has 0 radical (unpaired) electrons. The molecule has 17 heavy (non-hydrogen) atoms. The van der Waals surface area contributed by atoms with Crippen molar-refractivity contribution < 1.29 is 14.3 Å². The molecule has 1 aromatic carbocycles. The second kappa shape index (κ2) is 6.40. The molecule has 0 heterocycles. The van der Waals surface area contributed by atoms with Crippen LogP contribution in [0.15, 0.2) is 24.3 Å². The van der Waals surface area contributed by atoms with Crippen LogP contribution < -0.4 is 0 Å². The van der Waals surface area contributed by atoms with E-state index >= 15 is 0 Å². The zero-order chi connectivity index (χ0) is 12.8. The van der Waals surface area contributed by atoms with Gasteiger partial charge in [-0.2, -0.15) is 0 Å². The zero-order valence-electron chi connectivity index (χ0n) is 9.90. The Morgan fingerprint density at radius 1 is 1.24 bits per heavy atom. The number of benzene rings is 1. The molecule has 4 heteroatoms. The average Bonchev–Trinajstić information content (AvgIpc) is 2.35. The lowest BCUT2D eigenvalue weighted by atomic mass is 10.1. The van der Waals surface area contributed by atoms with Crippen LogP contribution in [0.3, 0.4) is 0 Å². The highest BCUT2D eigenvalue weighted by atomic mass is 35.5. The number of rotatable bonds is 5. The van der Waals surface area contributed by atoms with Crippen LogP contribution in [-0.4, -0.2) is 17.3 Å². The van der Waals surface area contributed by atoms with Gasteiger partial charge in [-0.15, -0.1) is 0 Å². The number of carbonyl (C=O) groups is 2. The van der Waals surface area contributed by atoms with Gasteiger partial charge in [0.25, 0.3) is 5.24 Å². The lowest BCUT2D eigenvalue weighted by molar-refractivity contribution is 0.0284. The van der Waals surface area contributed by atoms with Gasteiger partial charge in [0.2, 0.25) is 0 Å². The third-order valence-electron chi connectivity index (χ3n) is 2.51. The number of ether oxygens (including phenoxy) is 1. The topological polar surface area (TPSA) is 43.4 Å². The summed E-state index contributed by atoms with van der Waals surface area (Å²) in [6.45, 7) is 3.92. The van der Waals surface area contributed by atoms with E-state index in [4.69, 9.17) is 16.3 Å². The smallest absolute Gasteiger partial charge is 0.338 e. The van der Waals surface area contributed by atoms with Gasteiger partial charge in [-0.05, 0) is 36.6 Å². The Kier molecular flexibility index (Phi) is 5.16. The van der Waals surface area contributed by atoms with Crippen molar-refractivity contribution >= 4 is 22.8 Å². The van der Waals surface area contributed by atoms with Gasteiger partial charge in [0, 0.05) is 5.56 Å². The fraction of sp³-hybridized carbons (Fsp3) is 0.385. The summed E-state index contributed by atoms with van der Waals surface area (Å²) in [5, 5.41) is -0.581. The molecule has 0 bridgehead atoms. The third-order valence-corrected chi connectivity index (χ3v) is 2.73. The Morgan fingerprint density at radius 2 is 1.82 bits per heavy atom. The van der Waals surface area contributed by atoms with Gasteiger partial charge in [-0.25, -0.2) is 4.79 Å². The normalized spacial score (nSPS) is 10.4. The molecule has 0 aliphatic carbocycles. The summed E-state index contributed by atoms with van der Waals surface area (Å²) in [5.74, 6) is -0.418. The predicted molar refractivity (Wildman–Crippen MR) is 66.4 cm³/mol. The van der Waals surface area contributed by atoms with Crippen molar-refractivity contribution in [3.05, 3.63) is 35.4 Å². The molecule has 0 spiro atoms. The molecule has 0 unspecified atom stereocenters. The summed E-state index contributed by atoms with van der Waals surface area (Å²) in [4.78, 5) is 22.7. The Labute approximate surface area is 106 Å². The number of esters is 1. The number of hydrogen-bond donors (Lipinski definition) is 0. The van der Waals surface area contributed by atoms with Crippen molar-refractivity contribution in [3.63, 3.8) is 0 Å². The first-order valence-corrected chi connectivity index (χ1v) is 5.97. The summed E-state index contributed by atoms with van der Waals surface area (Å²) in [5.41, 5.74) is 0.647. The first kappa shape index (κ1) is 13.7. The molecule has 0 saturated heterocycles. The van der Waals surface area contributed by atoms with E-state index < -0.39 is 11.2 Å². The van der Waals surface area contributed by atoms with Gasteiger partial charge >= 0.3 is 5.97 Å². The zero-order valence-corrected chi connectivity index (χ0v) is 10.7. The predicted octanol–water partition coefficient (Wildman–Crippen LogP) is 3.41. The average molecular weight is 255 g/mol. The van der Waals surface area contributed by atoms with Crippen LogP contribution in [0.4, 0.5) is 0 Å². The van der Waals surface area contributed by atoms with Crippen LogP contribution >= 0.6 is 11.6 Å². The van der Waals surface area contributed by atoms with Crippen molar-refractivity contribution in [2.75, 3.05) is 0 Å². The van der Waals surface area contributed by atoms with Crippen molar-refractivity contribution in [1.29, 1.82) is 0 Å². The molecule has 3 nitrogen and oxygen atoms in total. The van der Waals surface area contributed by atoms with Crippen LogP contribution in [0.1, 0.15) is 47.4 Å². The van der Waals surface area contributed by atoms with E-state index in [1.807, 2.05) is 13.8 Å². The second-order valence-electron chi connectivity index (χ2n) is 3.70. The maximum atomic E-state index is 11.8. The monoisotopic (exact) mass is 254 g/mol. The van der Waals surface area contributed by atoms with E-state index in [1.165, 1.54) is 6.07 Å². The van der Waals surface area contributed by atoms with Crippen LogP contribution in [-0.2, 0) is 4.74 Å². The van der Waals surface area contributed by atoms with E-state index in [0.717, 1.165) is 12.8 Å². The van der Waals surface area contributed by atoms with E-state index in [9.17, 15) is 9.59 Å². The van der Waals surface area contributed by atoms with E-state index in [2.05, 4.69) is 0 Å². The van der Waals surface area contributed by atoms with Crippen LogP contribution in [0.2, 0.25) is 0 Å². The molecule has 92 valence electrons. The van der Waals surface area contributed by atoms with Crippen molar-refractivity contribution in [2.24, 2.45) is 0 Å². The number of halogens is 1. The highest BCUT2D eigenvalue weighted by molar-refractivity contribution is 6.67. The highest BCUT2D eigenvalue weighted by Crippen LogP contribution is 2.12. The second-order valence-corrected chi connectivity index (χ2v) is 4.04. The minimum Gasteiger partial charge on any atom is -0.459 e. The quantitative estimate of drug-likeness (QED) is 0.597. The molecule has 0 aromatic heterocycles. The SMILES string of the molecule is CCC(CC)OC(=O)c1cccc(C(=O)Cl)c1. The Bertz CT molecular complexity index is 411. The fourth-order valence-corrected chi connectivity index (χ4v) is 1.56. The molecule has 0 atom stereocenters. The van der Waals surface area contributed by atoms with Gasteiger partial charge in [0.15, 0.2) is 0 Å². The van der Waals surface area contributed by atoms with E-state index in [0.29, 0.717) is 11.1 Å². The van der Waals surface area contributed by atoms with Crippen molar-refractivity contribution in [3.8, 4) is 0 Å². The molecule has 1 rings (SSSR count). The Hall–Kier alpha value is -1.35. The van der Waals surface area contributed by atoms with E-state index in [-0.39, 0.29) is 6.10 Å². The van der Waals surface area contributed by atoms with Crippen molar-refractivity contribution in [2.45, 2.75) is 32.8 Å². The van der Waals surface area contributed by atoms with Gasteiger partial charge in [-0.1, -0.05) is 26.0 Å². The summed E-state index contributed by atoms with van der Waals surface area (Å²) in [7, 11) is 0. The number of hydrogen-bond acceptors (Lipinski definition) is 3. The third kappa shape index (κ3) is 3.86. The van der Waals surface area contributed by atoms with Crippen LogP contribution in [0, 0.1) is 0 Å². The maximum Gasteiger partial charge on any atom is 0.338 e. The first-order chi connectivity index (χ1) is 8.08. The molecule has 0 saturated carbocycles. The summed E-state index contributed by atoms with van der Waals surface area (Å²) < 4.78 is 5.28. The molecule has 0 N–H and O–H groups in total. The van der Waals surface area contributed by atoms with Gasteiger partial charge < -0.3 is 4.74 Å². The first-order valence-electron chi connectivity index (χ1n) is 5.59. The fourth-order valence-electron chi connectivity index (χ4n) is 1.44. The van der Waals surface area contributed by atoms with E-state index in [1.54, 1.807) is 18.2 Å². The lowest BCUT2D eigenvalue weighted by Crippen LogP contribution is -2.16. The largest absolute Gasteiger partial charge is 0.459 e. The molecule has 0 aliphatic rings. The molecular weight excluding hydrogens is 240 g/mol. The number of carbonyl (C=O) groups excluding carboxylic acids is 2. The summed E-state index contributed by atoms with van der Waals surface area (Å²) in [6, 6.07) is 6.22. The van der Waals surface area contributed by atoms with Gasteiger partial charge in [-0.3, -0.25) is 4.79 Å². The minimum atomic E-state index is -0.581.